The Morgan fingerprint density at radius 3 is 2.70 bits per heavy atom. The van der Waals surface area contributed by atoms with Crippen LogP contribution in [0.15, 0.2) is 16.6 Å². The van der Waals surface area contributed by atoms with Crippen molar-refractivity contribution in [3.05, 3.63) is 44.3 Å². The lowest BCUT2D eigenvalue weighted by Gasteiger charge is -2.13. The van der Waals surface area contributed by atoms with Crippen LogP contribution in [0.3, 0.4) is 0 Å². The molecular formula is C13H12BrClFN3O. The molecule has 106 valence electrons. The van der Waals surface area contributed by atoms with E-state index in [0.29, 0.717) is 4.47 Å². The molecule has 0 bridgehead atoms. The van der Waals surface area contributed by atoms with Gasteiger partial charge < -0.3 is 10.5 Å². The second-order valence-corrected chi connectivity index (χ2v) is 5.46. The second-order valence-electron chi connectivity index (χ2n) is 4.20. The Morgan fingerprint density at radius 2 is 2.05 bits per heavy atom. The van der Waals surface area contributed by atoms with Crippen molar-refractivity contribution in [3.8, 4) is 11.6 Å². The van der Waals surface area contributed by atoms with Crippen molar-refractivity contribution in [2.45, 2.75) is 20.4 Å². The molecule has 4 nitrogen and oxygen atoms in total. The second kappa shape index (κ2) is 6.03. The van der Waals surface area contributed by atoms with Crippen LogP contribution in [0.2, 0.25) is 5.02 Å². The number of hydrogen-bond donors (Lipinski definition) is 1. The topological polar surface area (TPSA) is 61.0 Å². The van der Waals surface area contributed by atoms with Gasteiger partial charge in [-0.15, -0.1) is 5.10 Å². The molecule has 1 aromatic heterocycles. The maximum Gasteiger partial charge on any atom is 0.243 e. The van der Waals surface area contributed by atoms with Crippen molar-refractivity contribution in [3.63, 3.8) is 0 Å². The Balaban J connectivity index is 2.45. The van der Waals surface area contributed by atoms with Crippen LogP contribution in [0.25, 0.3) is 0 Å². The first-order valence-corrected chi connectivity index (χ1v) is 6.96. The Morgan fingerprint density at radius 1 is 1.35 bits per heavy atom. The average Bonchev–Trinajstić information content (AvgIpc) is 2.40. The molecule has 0 aliphatic carbocycles. The molecule has 0 amide bonds. The van der Waals surface area contributed by atoms with E-state index in [9.17, 15) is 4.39 Å². The molecule has 2 rings (SSSR count). The highest BCUT2D eigenvalue weighted by molar-refractivity contribution is 9.10. The summed E-state index contributed by atoms with van der Waals surface area (Å²) < 4.78 is 19.6. The fourth-order valence-corrected chi connectivity index (χ4v) is 2.36. The molecule has 2 N–H and O–H groups in total. The molecule has 20 heavy (non-hydrogen) atoms. The van der Waals surface area contributed by atoms with E-state index in [1.54, 1.807) is 0 Å². The molecule has 1 heterocycles. The maximum absolute atomic E-state index is 13.5. The van der Waals surface area contributed by atoms with Crippen LogP contribution in [0, 0.1) is 19.7 Å². The van der Waals surface area contributed by atoms with Gasteiger partial charge in [-0.3, -0.25) is 0 Å². The fourth-order valence-electron chi connectivity index (χ4n) is 1.64. The first kappa shape index (κ1) is 15.2. The molecule has 0 atom stereocenters. The number of halogens is 3. The summed E-state index contributed by atoms with van der Waals surface area (Å²) in [5.41, 5.74) is 8.13. The normalized spacial score (nSPS) is 10.7. The molecule has 0 aliphatic heterocycles. The van der Waals surface area contributed by atoms with Gasteiger partial charge in [0.1, 0.15) is 11.6 Å². The molecule has 7 heteroatoms. The predicted molar refractivity (Wildman–Crippen MR) is 78.6 cm³/mol. The van der Waals surface area contributed by atoms with E-state index in [-0.39, 0.29) is 23.2 Å². The van der Waals surface area contributed by atoms with Crippen LogP contribution in [-0.2, 0) is 6.54 Å². The van der Waals surface area contributed by atoms with Gasteiger partial charge in [-0.1, -0.05) is 11.6 Å². The molecule has 1 aromatic carbocycles. The minimum absolute atomic E-state index is 0.00874. The highest BCUT2D eigenvalue weighted by Crippen LogP contribution is 2.34. The van der Waals surface area contributed by atoms with Crippen LogP contribution < -0.4 is 10.5 Å². The number of rotatable bonds is 3. The standard InChI is InChI=1S/C13H12BrClFN3O/c1-6-7(2)18-19-13(8(6)5-17)20-12-4-11(16)10(15)3-9(12)14/h3-4H,5,17H2,1-2H3. The van der Waals surface area contributed by atoms with Gasteiger partial charge in [-0.05, 0) is 41.4 Å². The zero-order chi connectivity index (χ0) is 14.9. The van der Waals surface area contributed by atoms with Crippen molar-refractivity contribution in [1.82, 2.24) is 10.2 Å². The number of ether oxygens (including phenoxy) is 1. The summed E-state index contributed by atoms with van der Waals surface area (Å²) in [5.74, 6) is -0.0480. The third kappa shape index (κ3) is 2.92. The van der Waals surface area contributed by atoms with Gasteiger partial charge in [0.15, 0.2) is 0 Å². The van der Waals surface area contributed by atoms with Gasteiger partial charge >= 0.3 is 0 Å². The Kier molecular flexibility index (Phi) is 4.57. The summed E-state index contributed by atoms with van der Waals surface area (Å²) in [4.78, 5) is 0. The first-order chi connectivity index (χ1) is 9.43. The zero-order valence-electron chi connectivity index (χ0n) is 10.9. The van der Waals surface area contributed by atoms with Crippen LogP contribution in [-0.4, -0.2) is 10.2 Å². The van der Waals surface area contributed by atoms with Gasteiger partial charge in [0.25, 0.3) is 0 Å². The third-order valence-electron chi connectivity index (χ3n) is 2.93. The summed E-state index contributed by atoms with van der Waals surface area (Å²) in [7, 11) is 0. The van der Waals surface area contributed by atoms with Gasteiger partial charge in [0, 0.05) is 18.2 Å². The van der Waals surface area contributed by atoms with Gasteiger partial charge in [-0.25, -0.2) is 4.39 Å². The first-order valence-electron chi connectivity index (χ1n) is 5.79. The smallest absolute Gasteiger partial charge is 0.243 e. The highest BCUT2D eigenvalue weighted by atomic mass is 79.9. The monoisotopic (exact) mass is 359 g/mol. The number of hydrogen-bond acceptors (Lipinski definition) is 4. The summed E-state index contributed by atoms with van der Waals surface area (Å²) in [6.45, 7) is 3.98. The van der Waals surface area contributed by atoms with Gasteiger partial charge in [0.05, 0.1) is 15.2 Å². The summed E-state index contributed by atoms with van der Waals surface area (Å²) in [6, 6.07) is 2.60. The molecule has 0 aliphatic rings. The summed E-state index contributed by atoms with van der Waals surface area (Å²) >= 11 is 8.95. The van der Waals surface area contributed by atoms with E-state index in [4.69, 9.17) is 22.1 Å². The largest absolute Gasteiger partial charge is 0.436 e. The lowest BCUT2D eigenvalue weighted by molar-refractivity contribution is 0.440. The van der Waals surface area contributed by atoms with E-state index in [1.165, 1.54) is 12.1 Å². The average molecular weight is 361 g/mol. The van der Waals surface area contributed by atoms with E-state index in [0.717, 1.165) is 16.8 Å². The predicted octanol–water partition coefficient (Wildman–Crippen LogP) is 3.90. The highest BCUT2D eigenvalue weighted by Gasteiger charge is 2.15. The third-order valence-corrected chi connectivity index (χ3v) is 3.84. The Bertz CT molecular complexity index is 667. The number of benzene rings is 1. The van der Waals surface area contributed by atoms with Crippen LogP contribution in [0.1, 0.15) is 16.8 Å². The molecule has 0 saturated heterocycles. The molecular weight excluding hydrogens is 349 g/mol. The van der Waals surface area contributed by atoms with Crippen molar-refractivity contribution in [2.24, 2.45) is 5.73 Å². The molecule has 0 spiro atoms. The van der Waals surface area contributed by atoms with Crippen molar-refractivity contribution >= 4 is 27.5 Å². The number of aryl methyl sites for hydroxylation is 1. The van der Waals surface area contributed by atoms with Crippen molar-refractivity contribution < 1.29 is 9.13 Å². The number of aromatic nitrogens is 2. The molecule has 2 aromatic rings. The number of nitrogens with zero attached hydrogens (tertiary/aromatic N) is 2. The lowest BCUT2D eigenvalue weighted by Crippen LogP contribution is -2.07. The quantitative estimate of drug-likeness (QED) is 0.843. The van der Waals surface area contributed by atoms with E-state index < -0.39 is 5.82 Å². The molecule has 0 fully saturated rings. The van der Waals surface area contributed by atoms with Crippen LogP contribution in [0.4, 0.5) is 4.39 Å². The Labute approximate surface area is 129 Å². The Hall–Kier alpha value is -1.24. The maximum atomic E-state index is 13.5. The van der Waals surface area contributed by atoms with Crippen molar-refractivity contribution in [1.29, 1.82) is 0 Å². The molecule has 0 radical (unpaired) electrons. The SMILES string of the molecule is Cc1nnc(Oc2cc(F)c(Cl)cc2Br)c(CN)c1C. The molecule has 0 unspecified atom stereocenters. The van der Waals surface area contributed by atoms with E-state index in [1.807, 2.05) is 13.8 Å². The fraction of sp³-hybridized carbons (Fsp3) is 0.231. The molecule has 0 saturated carbocycles. The summed E-state index contributed by atoms with van der Waals surface area (Å²) in [5, 5.41) is 7.97. The van der Waals surface area contributed by atoms with E-state index in [2.05, 4.69) is 26.1 Å². The lowest BCUT2D eigenvalue weighted by atomic mass is 10.1. The van der Waals surface area contributed by atoms with Gasteiger partial charge in [-0.2, -0.15) is 5.10 Å². The van der Waals surface area contributed by atoms with Crippen LogP contribution >= 0.6 is 27.5 Å². The minimum atomic E-state index is -0.573. The van der Waals surface area contributed by atoms with Crippen molar-refractivity contribution in [2.75, 3.05) is 0 Å². The number of nitrogens with two attached hydrogens (primary N) is 1. The van der Waals surface area contributed by atoms with Crippen LogP contribution in [0.5, 0.6) is 11.6 Å². The zero-order valence-corrected chi connectivity index (χ0v) is 13.2. The summed E-state index contributed by atoms with van der Waals surface area (Å²) in [6.07, 6.45) is 0. The van der Waals surface area contributed by atoms with E-state index >= 15 is 0 Å². The van der Waals surface area contributed by atoms with Gasteiger partial charge in [0.2, 0.25) is 5.88 Å². The minimum Gasteiger partial charge on any atom is -0.436 e.